The van der Waals surface area contributed by atoms with Crippen LogP contribution in [0.5, 0.6) is 5.75 Å². The Balaban J connectivity index is 2.65. The predicted molar refractivity (Wildman–Crippen MR) is 58.6 cm³/mol. The molecule has 0 bridgehead atoms. The van der Waals surface area contributed by atoms with Gasteiger partial charge in [0.15, 0.2) is 0 Å². The summed E-state index contributed by atoms with van der Waals surface area (Å²) in [5, 5.41) is 0. The number of nitrogens with two attached hydrogens (primary N) is 1. The van der Waals surface area contributed by atoms with Crippen molar-refractivity contribution in [3.05, 3.63) is 24.3 Å². The highest BCUT2D eigenvalue weighted by molar-refractivity contribution is 5.80. The normalized spacial score (nSPS) is 9.53. The quantitative estimate of drug-likeness (QED) is 0.420. The maximum atomic E-state index is 11.0. The fourth-order valence-corrected chi connectivity index (χ4v) is 1.19. The Morgan fingerprint density at radius 2 is 2.07 bits per heavy atom. The minimum atomic E-state index is -0.228. The number of benzene rings is 1. The maximum absolute atomic E-state index is 11.0. The van der Waals surface area contributed by atoms with Crippen LogP contribution < -0.4 is 20.9 Å². The number of hydrogen-bond donors (Lipinski definition) is 2. The molecule has 5 heteroatoms. The molecule has 0 unspecified atom stereocenters. The van der Waals surface area contributed by atoms with Crippen LogP contribution in [-0.2, 0) is 4.79 Å². The summed E-state index contributed by atoms with van der Waals surface area (Å²) in [7, 11) is 3.43. The van der Waals surface area contributed by atoms with Gasteiger partial charge in [0.05, 0.1) is 13.7 Å². The van der Waals surface area contributed by atoms with E-state index in [9.17, 15) is 4.79 Å². The number of carbonyl (C=O) groups excluding carboxylic acids is 1. The average molecular weight is 209 g/mol. The first kappa shape index (κ1) is 11.3. The van der Waals surface area contributed by atoms with Crippen LogP contribution in [0.3, 0.4) is 0 Å². The Kier molecular flexibility index (Phi) is 3.93. The summed E-state index contributed by atoms with van der Waals surface area (Å²) < 4.78 is 5.03. The van der Waals surface area contributed by atoms with Gasteiger partial charge in [0, 0.05) is 12.7 Å². The van der Waals surface area contributed by atoms with Crippen molar-refractivity contribution < 1.29 is 9.53 Å². The molecule has 0 aliphatic heterocycles. The van der Waals surface area contributed by atoms with Gasteiger partial charge in [0.25, 0.3) is 5.91 Å². The van der Waals surface area contributed by atoms with Gasteiger partial charge < -0.3 is 9.64 Å². The van der Waals surface area contributed by atoms with Crippen LogP contribution >= 0.6 is 0 Å². The van der Waals surface area contributed by atoms with Gasteiger partial charge in [-0.25, -0.2) is 5.84 Å². The number of hydrazine groups is 1. The van der Waals surface area contributed by atoms with E-state index in [1.54, 1.807) is 12.0 Å². The summed E-state index contributed by atoms with van der Waals surface area (Å²) in [4.78, 5) is 12.8. The summed E-state index contributed by atoms with van der Waals surface area (Å²) in [5.41, 5.74) is 3.01. The van der Waals surface area contributed by atoms with Gasteiger partial charge in [0.1, 0.15) is 5.75 Å². The van der Waals surface area contributed by atoms with Crippen LogP contribution in [0.1, 0.15) is 0 Å². The Hall–Kier alpha value is -1.75. The first-order valence-corrected chi connectivity index (χ1v) is 4.52. The molecule has 1 rings (SSSR count). The summed E-state index contributed by atoms with van der Waals surface area (Å²) >= 11 is 0. The Morgan fingerprint density at radius 3 is 2.53 bits per heavy atom. The molecule has 0 spiro atoms. The Bertz CT molecular complexity index is 324. The van der Waals surface area contributed by atoms with E-state index in [-0.39, 0.29) is 12.5 Å². The third kappa shape index (κ3) is 3.14. The van der Waals surface area contributed by atoms with Crippen LogP contribution in [0, 0.1) is 0 Å². The van der Waals surface area contributed by atoms with Crippen LogP contribution in [0.4, 0.5) is 5.69 Å². The van der Waals surface area contributed by atoms with E-state index in [4.69, 9.17) is 10.6 Å². The third-order valence-corrected chi connectivity index (χ3v) is 2.05. The molecular formula is C10H15N3O2. The summed E-state index contributed by atoms with van der Waals surface area (Å²) in [6, 6.07) is 7.43. The van der Waals surface area contributed by atoms with E-state index in [1.807, 2.05) is 31.3 Å². The summed E-state index contributed by atoms with van der Waals surface area (Å²) in [6.45, 7) is 0.225. The van der Waals surface area contributed by atoms with Crippen molar-refractivity contribution in [3.63, 3.8) is 0 Å². The molecule has 15 heavy (non-hydrogen) atoms. The zero-order chi connectivity index (χ0) is 11.3. The molecule has 0 aromatic heterocycles. The van der Waals surface area contributed by atoms with Gasteiger partial charge in [-0.05, 0) is 24.3 Å². The number of nitrogens with zero attached hydrogens (tertiary/aromatic N) is 1. The van der Waals surface area contributed by atoms with Crippen molar-refractivity contribution in [3.8, 4) is 5.75 Å². The molecule has 0 fully saturated rings. The van der Waals surface area contributed by atoms with Gasteiger partial charge in [-0.15, -0.1) is 0 Å². The molecule has 82 valence electrons. The van der Waals surface area contributed by atoms with E-state index in [2.05, 4.69) is 5.43 Å². The minimum absolute atomic E-state index is 0.225. The van der Waals surface area contributed by atoms with E-state index in [1.165, 1.54) is 0 Å². The summed E-state index contributed by atoms with van der Waals surface area (Å²) in [5.74, 6) is 5.56. The van der Waals surface area contributed by atoms with Gasteiger partial charge in [-0.3, -0.25) is 10.2 Å². The summed E-state index contributed by atoms with van der Waals surface area (Å²) in [6.07, 6.45) is 0. The number of ether oxygens (including phenoxy) is 1. The van der Waals surface area contributed by atoms with E-state index >= 15 is 0 Å². The number of amides is 1. The number of likely N-dealkylation sites (N-methyl/N-ethyl adjacent to an activating group) is 1. The van der Waals surface area contributed by atoms with Crippen LogP contribution in [0.15, 0.2) is 24.3 Å². The molecule has 0 aliphatic rings. The largest absolute Gasteiger partial charge is 0.497 e. The van der Waals surface area contributed by atoms with E-state index in [0.717, 1.165) is 11.4 Å². The molecule has 1 aromatic carbocycles. The first-order chi connectivity index (χ1) is 7.17. The minimum Gasteiger partial charge on any atom is -0.497 e. The second kappa shape index (κ2) is 5.21. The van der Waals surface area contributed by atoms with Gasteiger partial charge >= 0.3 is 0 Å². The van der Waals surface area contributed by atoms with Crippen molar-refractivity contribution in [2.24, 2.45) is 5.84 Å². The monoisotopic (exact) mass is 209 g/mol. The van der Waals surface area contributed by atoms with Gasteiger partial charge in [0.2, 0.25) is 0 Å². The first-order valence-electron chi connectivity index (χ1n) is 4.52. The fourth-order valence-electron chi connectivity index (χ4n) is 1.19. The second-order valence-electron chi connectivity index (χ2n) is 3.12. The molecule has 1 aromatic rings. The number of methoxy groups -OCH3 is 1. The number of nitrogens with one attached hydrogen (secondary N) is 1. The lowest BCUT2D eigenvalue weighted by Crippen LogP contribution is -2.38. The van der Waals surface area contributed by atoms with Gasteiger partial charge in [-0.1, -0.05) is 0 Å². The molecule has 0 radical (unpaired) electrons. The molecule has 0 aliphatic carbocycles. The highest BCUT2D eigenvalue weighted by atomic mass is 16.5. The Morgan fingerprint density at radius 1 is 1.47 bits per heavy atom. The highest BCUT2D eigenvalue weighted by Crippen LogP contribution is 2.17. The SMILES string of the molecule is COc1ccc(N(C)CC(=O)NN)cc1. The zero-order valence-corrected chi connectivity index (χ0v) is 8.86. The van der Waals surface area contributed by atoms with E-state index in [0.29, 0.717) is 0 Å². The molecule has 5 nitrogen and oxygen atoms in total. The van der Waals surface area contributed by atoms with Crippen LogP contribution in [0.25, 0.3) is 0 Å². The number of rotatable bonds is 4. The number of anilines is 1. The van der Waals surface area contributed by atoms with Crippen molar-refractivity contribution >= 4 is 11.6 Å². The average Bonchev–Trinajstić information content (AvgIpc) is 2.29. The van der Waals surface area contributed by atoms with Gasteiger partial charge in [-0.2, -0.15) is 0 Å². The predicted octanol–water partition coefficient (Wildman–Crippen LogP) is 0.121. The van der Waals surface area contributed by atoms with E-state index < -0.39 is 0 Å². The lowest BCUT2D eigenvalue weighted by Gasteiger charge is -2.18. The van der Waals surface area contributed by atoms with Crippen molar-refractivity contribution in [2.75, 3.05) is 25.6 Å². The molecule has 0 saturated carbocycles. The molecular weight excluding hydrogens is 194 g/mol. The second-order valence-corrected chi connectivity index (χ2v) is 3.12. The molecule has 0 heterocycles. The standard InChI is InChI=1S/C10H15N3O2/c1-13(7-10(14)12-11)8-3-5-9(15-2)6-4-8/h3-6H,7,11H2,1-2H3,(H,12,14). The highest BCUT2D eigenvalue weighted by Gasteiger charge is 2.05. The molecule has 1 amide bonds. The maximum Gasteiger partial charge on any atom is 0.253 e. The lowest BCUT2D eigenvalue weighted by atomic mass is 10.3. The van der Waals surface area contributed by atoms with Crippen molar-refractivity contribution in [1.29, 1.82) is 0 Å². The zero-order valence-electron chi connectivity index (χ0n) is 8.86. The molecule has 0 saturated heterocycles. The van der Waals surface area contributed by atoms with Crippen LogP contribution in [0.2, 0.25) is 0 Å². The lowest BCUT2D eigenvalue weighted by molar-refractivity contribution is -0.119. The van der Waals surface area contributed by atoms with Crippen molar-refractivity contribution in [2.45, 2.75) is 0 Å². The van der Waals surface area contributed by atoms with Crippen molar-refractivity contribution in [1.82, 2.24) is 5.43 Å². The molecule has 0 atom stereocenters. The Labute approximate surface area is 88.8 Å². The topological polar surface area (TPSA) is 67.6 Å². The smallest absolute Gasteiger partial charge is 0.253 e. The third-order valence-electron chi connectivity index (χ3n) is 2.05. The number of carbonyl (C=O) groups is 1. The number of hydrogen-bond acceptors (Lipinski definition) is 4. The van der Waals surface area contributed by atoms with Crippen LogP contribution in [-0.4, -0.2) is 26.6 Å². The molecule has 3 N–H and O–H groups in total. The fraction of sp³-hybridized carbons (Fsp3) is 0.300.